The summed E-state index contributed by atoms with van der Waals surface area (Å²) in [6.07, 6.45) is 0.853. The highest BCUT2D eigenvalue weighted by Crippen LogP contribution is 2.30. The summed E-state index contributed by atoms with van der Waals surface area (Å²) in [5.74, 6) is 0. The molecule has 0 radical (unpaired) electrons. The van der Waals surface area contributed by atoms with Crippen molar-refractivity contribution in [3.8, 4) is 0 Å². The standard InChI is InChI=1S/C9H18N2S/c1-7(4-8(10)12)11-5-9(2,3)6-11/h7H,4-6H2,1-3H3,(H2,10,12). The molecule has 70 valence electrons. The van der Waals surface area contributed by atoms with Gasteiger partial charge in [0.05, 0.1) is 4.99 Å². The zero-order valence-electron chi connectivity index (χ0n) is 8.13. The van der Waals surface area contributed by atoms with E-state index in [9.17, 15) is 0 Å². The highest BCUT2D eigenvalue weighted by atomic mass is 32.1. The predicted octanol–water partition coefficient (Wildman–Crippen LogP) is 1.39. The fourth-order valence-corrected chi connectivity index (χ4v) is 2.03. The minimum Gasteiger partial charge on any atom is -0.393 e. The van der Waals surface area contributed by atoms with Crippen molar-refractivity contribution < 1.29 is 0 Å². The van der Waals surface area contributed by atoms with Gasteiger partial charge in [-0.25, -0.2) is 0 Å². The number of thiocarbonyl (C=S) groups is 1. The number of nitrogens with zero attached hydrogens (tertiary/aromatic N) is 1. The second-order valence-electron chi connectivity index (χ2n) is 4.59. The van der Waals surface area contributed by atoms with E-state index in [-0.39, 0.29) is 0 Å². The van der Waals surface area contributed by atoms with Crippen molar-refractivity contribution in [2.75, 3.05) is 13.1 Å². The Morgan fingerprint density at radius 1 is 1.58 bits per heavy atom. The molecule has 0 saturated carbocycles. The van der Waals surface area contributed by atoms with Crippen LogP contribution in [0.4, 0.5) is 0 Å². The first-order chi connectivity index (χ1) is 5.41. The van der Waals surface area contributed by atoms with Gasteiger partial charge in [0.25, 0.3) is 0 Å². The fourth-order valence-electron chi connectivity index (χ4n) is 1.79. The third-order valence-corrected chi connectivity index (χ3v) is 2.55. The van der Waals surface area contributed by atoms with Gasteiger partial charge in [-0.2, -0.15) is 0 Å². The maximum atomic E-state index is 5.48. The van der Waals surface area contributed by atoms with Gasteiger partial charge in [0, 0.05) is 25.6 Å². The summed E-state index contributed by atoms with van der Waals surface area (Å²) in [6.45, 7) is 9.12. The molecule has 0 spiro atoms. The molecule has 0 aliphatic carbocycles. The molecular weight excluding hydrogens is 168 g/mol. The van der Waals surface area contributed by atoms with Gasteiger partial charge >= 0.3 is 0 Å². The van der Waals surface area contributed by atoms with Crippen LogP contribution in [0.3, 0.4) is 0 Å². The van der Waals surface area contributed by atoms with Crippen LogP contribution < -0.4 is 5.73 Å². The Kier molecular flexibility index (Phi) is 2.74. The fraction of sp³-hybridized carbons (Fsp3) is 0.889. The lowest BCUT2D eigenvalue weighted by Gasteiger charge is -2.49. The molecule has 1 unspecified atom stereocenters. The maximum absolute atomic E-state index is 5.48. The molecular formula is C9H18N2S. The molecule has 2 nitrogen and oxygen atoms in total. The molecule has 3 heteroatoms. The van der Waals surface area contributed by atoms with Crippen LogP contribution in [-0.4, -0.2) is 29.0 Å². The number of hydrogen-bond donors (Lipinski definition) is 1. The molecule has 0 bridgehead atoms. The number of nitrogens with two attached hydrogens (primary N) is 1. The molecule has 1 saturated heterocycles. The first-order valence-corrected chi connectivity index (χ1v) is 4.84. The van der Waals surface area contributed by atoms with Gasteiger partial charge in [-0.15, -0.1) is 0 Å². The molecule has 0 aromatic carbocycles. The Morgan fingerprint density at radius 3 is 2.42 bits per heavy atom. The molecule has 0 aromatic rings. The SMILES string of the molecule is CC(CC(N)=S)N1CC(C)(C)C1. The van der Waals surface area contributed by atoms with Crippen LogP contribution in [0.2, 0.25) is 0 Å². The molecule has 1 fully saturated rings. The smallest absolute Gasteiger partial charge is 0.0742 e. The van der Waals surface area contributed by atoms with Crippen molar-refractivity contribution >= 4 is 17.2 Å². The van der Waals surface area contributed by atoms with E-state index >= 15 is 0 Å². The topological polar surface area (TPSA) is 29.3 Å². The largest absolute Gasteiger partial charge is 0.393 e. The summed E-state index contributed by atoms with van der Waals surface area (Å²) < 4.78 is 0. The first kappa shape index (κ1) is 9.93. The summed E-state index contributed by atoms with van der Waals surface area (Å²) in [4.78, 5) is 3.06. The quantitative estimate of drug-likeness (QED) is 0.675. The third-order valence-electron chi connectivity index (χ3n) is 2.38. The summed E-state index contributed by atoms with van der Waals surface area (Å²) >= 11 is 4.87. The highest BCUT2D eigenvalue weighted by molar-refractivity contribution is 7.80. The van der Waals surface area contributed by atoms with Crippen LogP contribution in [0.25, 0.3) is 0 Å². The highest BCUT2D eigenvalue weighted by Gasteiger charge is 2.36. The van der Waals surface area contributed by atoms with Crippen LogP contribution >= 0.6 is 12.2 Å². The van der Waals surface area contributed by atoms with Crippen molar-refractivity contribution in [2.45, 2.75) is 33.2 Å². The van der Waals surface area contributed by atoms with E-state index in [2.05, 4.69) is 25.7 Å². The number of rotatable bonds is 3. The van der Waals surface area contributed by atoms with Crippen molar-refractivity contribution in [1.82, 2.24) is 4.90 Å². The van der Waals surface area contributed by atoms with Gasteiger partial charge in [0.1, 0.15) is 0 Å². The molecule has 1 heterocycles. The minimum absolute atomic E-state index is 0.504. The molecule has 12 heavy (non-hydrogen) atoms. The van der Waals surface area contributed by atoms with E-state index in [1.54, 1.807) is 0 Å². The summed E-state index contributed by atoms with van der Waals surface area (Å²) in [5, 5.41) is 0. The van der Waals surface area contributed by atoms with Gasteiger partial charge in [0.15, 0.2) is 0 Å². The van der Waals surface area contributed by atoms with Gasteiger partial charge < -0.3 is 5.73 Å². The molecule has 0 amide bonds. The zero-order chi connectivity index (χ0) is 9.35. The average Bonchev–Trinajstić information content (AvgIpc) is 1.80. The summed E-state index contributed by atoms with van der Waals surface area (Å²) in [7, 11) is 0. The van der Waals surface area contributed by atoms with Crippen LogP contribution in [0.5, 0.6) is 0 Å². The van der Waals surface area contributed by atoms with E-state index in [0.29, 0.717) is 16.4 Å². The minimum atomic E-state index is 0.504. The van der Waals surface area contributed by atoms with Crippen molar-refractivity contribution in [1.29, 1.82) is 0 Å². The van der Waals surface area contributed by atoms with Crippen LogP contribution in [-0.2, 0) is 0 Å². The summed E-state index contributed by atoms with van der Waals surface area (Å²) in [6, 6.07) is 0.524. The third kappa shape index (κ3) is 2.42. The van der Waals surface area contributed by atoms with Gasteiger partial charge in [-0.1, -0.05) is 26.1 Å². The number of likely N-dealkylation sites (tertiary alicyclic amines) is 1. The first-order valence-electron chi connectivity index (χ1n) is 4.43. The molecule has 1 rings (SSSR count). The molecule has 1 aliphatic heterocycles. The van der Waals surface area contributed by atoms with E-state index in [1.807, 2.05) is 0 Å². The molecule has 0 aromatic heterocycles. The second-order valence-corrected chi connectivity index (χ2v) is 5.11. The Balaban J connectivity index is 2.28. The van der Waals surface area contributed by atoms with Gasteiger partial charge in [-0.3, -0.25) is 4.90 Å². The zero-order valence-corrected chi connectivity index (χ0v) is 8.95. The molecule has 2 N–H and O–H groups in total. The van der Waals surface area contributed by atoms with Crippen LogP contribution in [0.1, 0.15) is 27.2 Å². The van der Waals surface area contributed by atoms with E-state index in [0.717, 1.165) is 6.42 Å². The predicted molar refractivity (Wildman–Crippen MR) is 56.2 cm³/mol. The van der Waals surface area contributed by atoms with E-state index in [1.165, 1.54) is 13.1 Å². The van der Waals surface area contributed by atoms with E-state index in [4.69, 9.17) is 18.0 Å². The lowest BCUT2D eigenvalue weighted by molar-refractivity contribution is 0.00226. The van der Waals surface area contributed by atoms with Gasteiger partial charge in [0.2, 0.25) is 0 Å². The Bertz CT molecular complexity index is 181. The van der Waals surface area contributed by atoms with E-state index < -0.39 is 0 Å². The Hall–Kier alpha value is -0.150. The van der Waals surface area contributed by atoms with Crippen molar-refractivity contribution in [3.63, 3.8) is 0 Å². The van der Waals surface area contributed by atoms with Gasteiger partial charge in [-0.05, 0) is 12.3 Å². The normalized spacial score (nSPS) is 24.6. The average molecular weight is 186 g/mol. The lowest BCUT2D eigenvalue weighted by Crippen LogP contribution is -2.56. The Morgan fingerprint density at radius 2 is 2.08 bits per heavy atom. The molecule has 1 aliphatic rings. The monoisotopic (exact) mass is 186 g/mol. The van der Waals surface area contributed by atoms with Crippen molar-refractivity contribution in [3.05, 3.63) is 0 Å². The second kappa shape index (κ2) is 3.30. The lowest BCUT2D eigenvalue weighted by atomic mass is 9.83. The maximum Gasteiger partial charge on any atom is 0.0742 e. The number of hydrogen-bond acceptors (Lipinski definition) is 2. The van der Waals surface area contributed by atoms with Crippen molar-refractivity contribution in [2.24, 2.45) is 11.1 Å². The van der Waals surface area contributed by atoms with Crippen LogP contribution in [0, 0.1) is 5.41 Å². The van der Waals surface area contributed by atoms with Crippen LogP contribution in [0.15, 0.2) is 0 Å². The Labute approximate surface area is 80.1 Å². The molecule has 1 atom stereocenters. The summed E-state index contributed by atoms with van der Waals surface area (Å²) in [5.41, 5.74) is 5.99.